The van der Waals surface area contributed by atoms with Gasteiger partial charge in [-0.3, -0.25) is 0 Å². The molecule has 0 aromatic rings. The summed E-state index contributed by atoms with van der Waals surface area (Å²) in [5, 5.41) is 0. The second kappa shape index (κ2) is 6.94. The average Bonchev–Trinajstić information content (AvgIpc) is 2.09. The molecule has 1 amide bonds. The van der Waals surface area contributed by atoms with Gasteiger partial charge in [0.15, 0.2) is 0 Å². The Morgan fingerprint density at radius 2 is 1.71 bits per heavy atom. The van der Waals surface area contributed by atoms with Gasteiger partial charge in [0.2, 0.25) is 0 Å². The molecule has 0 unspecified atom stereocenters. The lowest BCUT2D eigenvalue weighted by Crippen LogP contribution is -2.14. The van der Waals surface area contributed by atoms with E-state index in [0.717, 1.165) is 0 Å². The van der Waals surface area contributed by atoms with Crippen LogP contribution in [0, 0.1) is 0 Å². The Kier molecular flexibility index (Phi) is 6.19. The van der Waals surface area contributed by atoms with E-state index < -0.39 is 12.1 Å². The predicted octanol–water partition coefficient (Wildman–Crippen LogP) is 0.981. The molecule has 0 aliphatic carbocycles. The molecule has 0 aliphatic heterocycles. The fourth-order valence-corrected chi connectivity index (χ4v) is 0.665. The number of ether oxygens (including phenoxy) is 2. The molecule has 0 saturated carbocycles. The van der Waals surface area contributed by atoms with E-state index in [9.17, 15) is 9.59 Å². The Balaban J connectivity index is 3.26. The summed E-state index contributed by atoms with van der Waals surface area (Å²) in [6, 6.07) is 0. The highest BCUT2D eigenvalue weighted by atomic mass is 16.5. The normalized spacial score (nSPS) is 9.21. The van der Waals surface area contributed by atoms with Crippen LogP contribution < -0.4 is 5.73 Å². The van der Waals surface area contributed by atoms with Crippen molar-refractivity contribution in [1.82, 2.24) is 0 Å². The van der Waals surface area contributed by atoms with Crippen molar-refractivity contribution in [2.75, 3.05) is 13.2 Å². The van der Waals surface area contributed by atoms with Gasteiger partial charge in [0.05, 0.1) is 13.2 Å². The van der Waals surface area contributed by atoms with Gasteiger partial charge >= 0.3 is 12.1 Å². The minimum Gasteiger partial charge on any atom is -0.462 e. The summed E-state index contributed by atoms with van der Waals surface area (Å²) in [5.74, 6) is -0.402. The molecular weight excluding hydrogens is 186 g/mol. The molecule has 0 bridgehead atoms. The molecule has 0 radical (unpaired) electrons. The van der Waals surface area contributed by atoms with Gasteiger partial charge in [-0.05, 0) is 19.8 Å². The van der Waals surface area contributed by atoms with E-state index in [-0.39, 0.29) is 6.61 Å². The summed E-state index contributed by atoms with van der Waals surface area (Å²) in [6.07, 6.45) is 0.461. The fraction of sp³-hybridized carbons (Fsp3) is 0.556. The highest BCUT2D eigenvalue weighted by Crippen LogP contribution is 1.96. The molecule has 5 nitrogen and oxygen atoms in total. The molecule has 0 spiro atoms. The zero-order chi connectivity index (χ0) is 11.0. The first kappa shape index (κ1) is 12.5. The van der Waals surface area contributed by atoms with E-state index in [1.54, 1.807) is 6.92 Å². The van der Waals surface area contributed by atoms with E-state index >= 15 is 0 Å². The maximum Gasteiger partial charge on any atom is 0.404 e. The second-order valence-corrected chi connectivity index (χ2v) is 2.79. The van der Waals surface area contributed by atoms with Crippen LogP contribution in [0.4, 0.5) is 4.79 Å². The van der Waals surface area contributed by atoms with Gasteiger partial charge in [-0.15, -0.1) is 0 Å². The number of hydrogen-bond acceptors (Lipinski definition) is 4. The number of rotatable bonds is 6. The molecule has 0 saturated heterocycles. The van der Waals surface area contributed by atoms with Gasteiger partial charge in [-0.1, -0.05) is 6.58 Å². The van der Waals surface area contributed by atoms with E-state index in [4.69, 9.17) is 10.5 Å². The van der Waals surface area contributed by atoms with Gasteiger partial charge in [-0.2, -0.15) is 0 Å². The molecule has 0 rings (SSSR count). The third-order valence-corrected chi connectivity index (χ3v) is 1.36. The Labute approximate surface area is 82.9 Å². The van der Waals surface area contributed by atoms with Gasteiger partial charge in [-0.25, -0.2) is 9.59 Å². The lowest BCUT2D eigenvalue weighted by molar-refractivity contribution is -0.139. The van der Waals surface area contributed by atoms with Gasteiger partial charge in [0.25, 0.3) is 0 Å². The molecule has 0 heterocycles. The van der Waals surface area contributed by atoms with E-state index in [1.165, 1.54) is 0 Å². The van der Waals surface area contributed by atoms with Gasteiger partial charge in [0.1, 0.15) is 0 Å². The van der Waals surface area contributed by atoms with Crippen molar-refractivity contribution < 1.29 is 19.1 Å². The Morgan fingerprint density at radius 3 is 2.14 bits per heavy atom. The third kappa shape index (κ3) is 7.15. The average molecular weight is 201 g/mol. The third-order valence-electron chi connectivity index (χ3n) is 1.36. The molecule has 14 heavy (non-hydrogen) atoms. The predicted molar refractivity (Wildman–Crippen MR) is 50.5 cm³/mol. The number of hydrogen-bond donors (Lipinski definition) is 1. The zero-order valence-corrected chi connectivity index (χ0v) is 8.25. The van der Waals surface area contributed by atoms with Gasteiger partial charge < -0.3 is 15.2 Å². The second-order valence-electron chi connectivity index (χ2n) is 2.79. The zero-order valence-electron chi connectivity index (χ0n) is 8.25. The first-order valence-electron chi connectivity index (χ1n) is 4.29. The molecular formula is C9H15NO4. The molecule has 80 valence electrons. The molecule has 2 N–H and O–H groups in total. The number of unbranched alkanes of at least 4 members (excludes halogenated alkanes) is 1. The SMILES string of the molecule is C=C(C)C(=O)OCCCCOC(N)=O. The van der Waals surface area contributed by atoms with Crippen molar-refractivity contribution in [2.45, 2.75) is 19.8 Å². The lowest BCUT2D eigenvalue weighted by atomic mass is 10.3. The molecule has 5 heteroatoms. The smallest absolute Gasteiger partial charge is 0.404 e. The maximum atomic E-state index is 10.9. The summed E-state index contributed by atoms with van der Waals surface area (Å²) in [5.41, 5.74) is 5.11. The lowest BCUT2D eigenvalue weighted by Gasteiger charge is -2.03. The summed E-state index contributed by atoms with van der Waals surface area (Å²) in [4.78, 5) is 21.0. The number of nitrogens with two attached hydrogens (primary N) is 1. The minimum absolute atomic E-state index is 0.250. The first-order valence-corrected chi connectivity index (χ1v) is 4.29. The van der Waals surface area contributed by atoms with Crippen molar-refractivity contribution in [3.05, 3.63) is 12.2 Å². The van der Waals surface area contributed by atoms with Crippen LogP contribution in [0.25, 0.3) is 0 Å². The van der Waals surface area contributed by atoms with Crippen LogP contribution in [0.3, 0.4) is 0 Å². The number of carbonyl (C=O) groups excluding carboxylic acids is 2. The minimum atomic E-state index is -0.788. The summed E-state index contributed by atoms with van der Waals surface area (Å²) >= 11 is 0. The maximum absolute atomic E-state index is 10.9. The number of amides is 1. The summed E-state index contributed by atoms with van der Waals surface area (Å²) in [7, 11) is 0. The van der Waals surface area contributed by atoms with Crippen LogP contribution in [0.1, 0.15) is 19.8 Å². The van der Waals surface area contributed by atoms with Crippen LogP contribution in [-0.4, -0.2) is 25.3 Å². The first-order chi connectivity index (χ1) is 6.54. The quantitative estimate of drug-likeness (QED) is 0.394. The van der Waals surface area contributed by atoms with Crippen molar-refractivity contribution in [2.24, 2.45) is 5.73 Å². The Bertz CT molecular complexity index is 225. The molecule has 0 aliphatic rings. The molecule has 0 aromatic heterocycles. The molecule has 0 aromatic carbocycles. The Hall–Kier alpha value is -1.52. The van der Waals surface area contributed by atoms with Crippen LogP contribution in [0.15, 0.2) is 12.2 Å². The molecule has 0 atom stereocenters. The Morgan fingerprint density at radius 1 is 1.21 bits per heavy atom. The van der Waals surface area contributed by atoms with E-state index in [1.807, 2.05) is 0 Å². The van der Waals surface area contributed by atoms with Crippen molar-refractivity contribution in [3.63, 3.8) is 0 Å². The fourth-order valence-electron chi connectivity index (χ4n) is 0.665. The van der Waals surface area contributed by atoms with Crippen LogP contribution >= 0.6 is 0 Å². The topological polar surface area (TPSA) is 78.6 Å². The monoisotopic (exact) mass is 201 g/mol. The number of primary amides is 1. The number of carbonyl (C=O) groups is 2. The van der Waals surface area contributed by atoms with E-state index in [0.29, 0.717) is 25.0 Å². The van der Waals surface area contributed by atoms with Gasteiger partial charge in [0, 0.05) is 5.57 Å². The van der Waals surface area contributed by atoms with Crippen LogP contribution in [0.2, 0.25) is 0 Å². The van der Waals surface area contributed by atoms with Crippen molar-refractivity contribution in [1.29, 1.82) is 0 Å². The van der Waals surface area contributed by atoms with Crippen molar-refractivity contribution in [3.8, 4) is 0 Å². The summed E-state index contributed by atoms with van der Waals surface area (Å²) < 4.78 is 9.28. The molecule has 0 fully saturated rings. The summed E-state index contributed by atoms with van der Waals surface area (Å²) in [6.45, 7) is 5.56. The van der Waals surface area contributed by atoms with Crippen LogP contribution in [0.5, 0.6) is 0 Å². The standard InChI is InChI=1S/C9H15NO4/c1-7(2)8(11)13-5-3-4-6-14-9(10)12/h1,3-6H2,2H3,(H2,10,12). The highest BCUT2D eigenvalue weighted by molar-refractivity contribution is 5.86. The number of esters is 1. The van der Waals surface area contributed by atoms with E-state index in [2.05, 4.69) is 11.3 Å². The largest absolute Gasteiger partial charge is 0.462 e. The van der Waals surface area contributed by atoms with Crippen molar-refractivity contribution >= 4 is 12.1 Å². The van der Waals surface area contributed by atoms with Crippen LogP contribution in [-0.2, 0) is 14.3 Å². The highest BCUT2D eigenvalue weighted by Gasteiger charge is 2.01.